The maximum atomic E-state index is 13.3. The molecule has 37 heavy (non-hydrogen) atoms. The van der Waals surface area contributed by atoms with Crippen molar-refractivity contribution >= 4 is 27.6 Å². The van der Waals surface area contributed by atoms with Crippen LogP contribution in [0.5, 0.6) is 5.75 Å². The SMILES string of the molecule is Cc1c(-c2nn(Cc3ccc(OC(F)(F)F)cc3)c(=O)c3ccccc23)c2ccccc2n1CC(=O)O. The molecule has 0 aliphatic heterocycles. The fourth-order valence-corrected chi connectivity index (χ4v) is 4.57. The molecule has 0 saturated carbocycles. The minimum Gasteiger partial charge on any atom is -0.480 e. The number of para-hydroxylation sites is 1. The van der Waals surface area contributed by atoms with E-state index in [-0.39, 0.29) is 24.4 Å². The quantitative estimate of drug-likeness (QED) is 0.335. The molecule has 0 unspecified atom stereocenters. The van der Waals surface area contributed by atoms with Gasteiger partial charge in [0.2, 0.25) is 0 Å². The first kappa shape index (κ1) is 24.1. The lowest BCUT2D eigenvalue weighted by Crippen LogP contribution is -2.24. The van der Waals surface area contributed by atoms with E-state index in [1.165, 1.54) is 28.9 Å². The van der Waals surface area contributed by atoms with Gasteiger partial charge in [0.15, 0.2) is 0 Å². The van der Waals surface area contributed by atoms with Crippen LogP contribution in [0.15, 0.2) is 77.6 Å². The molecular weight excluding hydrogens is 487 g/mol. The Morgan fingerprint density at radius 3 is 2.22 bits per heavy atom. The number of rotatable bonds is 6. The molecular formula is C27H20F3N3O4. The number of halogens is 3. The Hall–Kier alpha value is -4.60. The third kappa shape index (κ3) is 4.65. The third-order valence-electron chi connectivity index (χ3n) is 6.12. The Kier molecular flexibility index (Phi) is 5.94. The highest BCUT2D eigenvalue weighted by Gasteiger charge is 2.31. The maximum absolute atomic E-state index is 13.3. The van der Waals surface area contributed by atoms with Crippen molar-refractivity contribution in [3.8, 4) is 17.0 Å². The predicted molar refractivity (Wildman–Crippen MR) is 132 cm³/mol. The van der Waals surface area contributed by atoms with Crippen LogP contribution in [0, 0.1) is 6.92 Å². The van der Waals surface area contributed by atoms with Crippen LogP contribution in [-0.4, -0.2) is 31.8 Å². The molecule has 2 aromatic heterocycles. The Morgan fingerprint density at radius 1 is 0.946 bits per heavy atom. The van der Waals surface area contributed by atoms with E-state index in [4.69, 9.17) is 0 Å². The first-order valence-electron chi connectivity index (χ1n) is 11.3. The van der Waals surface area contributed by atoms with Gasteiger partial charge in [0.25, 0.3) is 5.56 Å². The van der Waals surface area contributed by atoms with Gasteiger partial charge in [0.05, 0.1) is 11.9 Å². The third-order valence-corrected chi connectivity index (χ3v) is 6.12. The number of hydrogen-bond acceptors (Lipinski definition) is 4. The summed E-state index contributed by atoms with van der Waals surface area (Å²) in [5.41, 5.74) is 2.81. The second kappa shape index (κ2) is 9.12. The number of benzene rings is 3. The molecule has 0 aliphatic carbocycles. The molecule has 0 spiro atoms. The van der Waals surface area contributed by atoms with Crippen LogP contribution in [0.1, 0.15) is 11.3 Å². The van der Waals surface area contributed by atoms with Crippen molar-refractivity contribution in [2.75, 3.05) is 0 Å². The van der Waals surface area contributed by atoms with Crippen molar-refractivity contribution in [3.63, 3.8) is 0 Å². The minimum atomic E-state index is -4.80. The van der Waals surface area contributed by atoms with Crippen molar-refractivity contribution in [2.24, 2.45) is 0 Å². The number of carboxylic acids is 1. The van der Waals surface area contributed by atoms with Crippen LogP contribution < -0.4 is 10.3 Å². The molecule has 0 amide bonds. The summed E-state index contributed by atoms with van der Waals surface area (Å²) in [6, 6.07) is 19.6. The van der Waals surface area contributed by atoms with Crippen molar-refractivity contribution in [3.05, 3.63) is 94.4 Å². The summed E-state index contributed by atoms with van der Waals surface area (Å²) in [6.07, 6.45) is -4.80. The largest absolute Gasteiger partial charge is 0.573 e. The second-order valence-electron chi connectivity index (χ2n) is 8.51. The lowest BCUT2D eigenvalue weighted by atomic mass is 10.0. The summed E-state index contributed by atoms with van der Waals surface area (Å²) in [5, 5.41) is 16.0. The smallest absolute Gasteiger partial charge is 0.480 e. The highest BCUT2D eigenvalue weighted by molar-refractivity contribution is 6.05. The molecule has 5 aromatic rings. The Bertz CT molecular complexity index is 1700. The highest BCUT2D eigenvalue weighted by Crippen LogP contribution is 2.36. The zero-order valence-electron chi connectivity index (χ0n) is 19.5. The Morgan fingerprint density at radius 2 is 1.57 bits per heavy atom. The number of aliphatic carboxylic acids is 1. The Labute approximate surface area is 207 Å². The molecule has 0 saturated heterocycles. The molecule has 0 bridgehead atoms. The number of alkyl halides is 3. The highest BCUT2D eigenvalue weighted by atomic mass is 19.4. The standard InChI is InChI=1S/C27H20F3N3O4/c1-16-24(21-8-4-5-9-22(21)32(16)15-23(34)35)25-19-6-2-3-7-20(19)26(36)33(31-25)14-17-10-12-18(13-11-17)37-27(28,29)30/h2-13H,14-15H2,1H3,(H,34,35). The van der Waals surface area contributed by atoms with E-state index in [1.807, 2.05) is 31.2 Å². The maximum Gasteiger partial charge on any atom is 0.573 e. The van der Waals surface area contributed by atoms with Gasteiger partial charge >= 0.3 is 12.3 Å². The molecule has 7 nitrogen and oxygen atoms in total. The van der Waals surface area contributed by atoms with Crippen LogP contribution in [0.3, 0.4) is 0 Å². The molecule has 0 radical (unpaired) electrons. The zero-order valence-corrected chi connectivity index (χ0v) is 19.5. The first-order chi connectivity index (χ1) is 17.6. The minimum absolute atomic E-state index is 0.00970. The van der Waals surface area contributed by atoms with E-state index < -0.39 is 12.3 Å². The van der Waals surface area contributed by atoms with E-state index in [0.29, 0.717) is 33.3 Å². The van der Waals surface area contributed by atoms with E-state index in [0.717, 1.165) is 10.9 Å². The Balaban J connectivity index is 1.67. The van der Waals surface area contributed by atoms with Gasteiger partial charge in [0.1, 0.15) is 18.0 Å². The summed E-state index contributed by atoms with van der Waals surface area (Å²) < 4.78 is 44.4. The summed E-state index contributed by atoms with van der Waals surface area (Å²) in [6.45, 7) is 1.58. The van der Waals surface area contributed by atoms with Crippen molar-refractivity contribution < 1.29 is 27.8 Å². The fourth-order valence-electron chi connectivity index (χ4n) is 4.57. The lowest BCUT2D eigenvalue weighted by Gasteiger charge is -2.13. The second-order valence-corrected chi connectivity index (χ2v) is 8.51. The van der Waals surface area contributed by atoms with Crippen molar-refractivity contribution in [1.29, 1.82) is 0 Å². The summed E-state index contributed by atoms with van der Waals surface area (Å²) in [7, 11) is 0. The van der Waals surface area contributed by atoms with Gasteiger partial charge in [0, 0.05) is 27.5 Å². The van der Waals surface area contributed by atoms with Gasteiger partial charge in [-0.05, 0) is 36.8 Å². The molecule has 0 fully saturated rings. The summed E-state index contributed by atoms with van der Waals surface area (Å²) >= 11 is 0. The first-order valence-corrected chi connectivity index (χ1v) is 11.3. The van der Waals surface area contributed by atoms with Crippen LogP contribution in [0.25, 0.3) is 32.9 Å². The van der Waals surface area contributed by atoms with Gasteiger partial charge in [-0.15, -0.1) is 13.2 Å². The van der Waals surface area contributed by atoms with E-state index >= 15 is 0 Å². The zero-order chi connectivity index (χ0) is 26.3. The lowest BCUT2D eigenvalue weighted by molar-refractivity contribution is -0.274. The summed E-state index contributed by atoms with van der Waals surface area (Å²) in [5.74, 6) is -1.35. The molecule has 188 valence electrons. The van der Waals surface area contributed by atoms with Crippen molar-refractivity contribution in [2.45, 2.75) is 26.4 Å². The number of nitrogens with zero attached hydrogens (tertiary/aromatic N) is 3. The monoisotopic (exact) mass is 507 g/mol. The molecule has 0 aliphatic rings. The van der Waals surface area contributed by atoms with Gasteiger partial charge < -0.3 is 14.4 Å². The molecule has 1 N–H and O–H groups in total. The van der Waals surface area contributed by atoms with Gasteiger partial charge in [-0.3, -0.25) is 9.59 Å². The number of aromatic nitrogens is 3. The molecule has 10 heteroatoms. The average molecular weight is 507 g/mol. The summed E-state index contributed by atoms with van der Waals surface area (Å²) in [4.78, 5) is 24.9. The van der Waals surface area contributed by atoms with Crippen LogP contribution in [0.4, 0.5) is 13.2 Å². The van der Waals surface area contributed by atoms with Crippen LogP contribution in [0.2, 0.25) is 0 Å². The fraction of sp³-hybridized carbons (Fsp3) is 0.148. The number of carbonyl (C=O) groups is 1. The van der Waals surface area contributed by atoms with Crippen LogP contribution >= 0.6 is 0 Å². The van der Waals surface area contributed by atoms with E-state index in [9.17, 15) is 27.9 Å². The van der Waals surface area contributed by atoms with Gasteiger partial charge in [-0.2, -0.15) is 5.10 Å². The van der Waals surface area contributed by atoms with Gasteiger partial charge in [-0.25, -0.2) is 4.68 Å². The molecule has 3 aromatic carbocycles. The van der Waals surface area contributed by atoms with Gasteiger partial charge in [-0.1, -0.05) is 48.5 Å². The van der Waals surface area contributed by atoms with E-state index in [1.54, 1.807) is 28.8 Å². The number of ether oxygens (including phenoxy) is 1. The molecule has 2 heterocycles. The topological polar surface area (TPSA) is 86.4 Å². The number of fused-ring (bicyclic) bond motifs is 2. The van der Waals surface area contributed by atoms with Crippen molar-refractivity contribution in [1.82, 2.24) is 14.3 Å². The van der Waals surface area contributed by atoms with Crippen LogP contribution in [-0.2, 0) is 17.9 Å². The number of hydrogen-bond donors (Lipinski definition) is 1. The molecule has 0 atom stereocenters. The molecule has 5 rings (SSSR count). The normalized spacial score (nSPS) is 11.8. The predicted octanol–water partition coefficient (Wildman–Crippen LogP) is 5.36. The van der Waals surface area contributed by atoms with E-state index in [2.05, 4.69) is 9.84 Å². The average Bonchev–Trinajstić information content (AvgIpc) is 3.12. The number of carboxylic acid groups (broad SMARTS) is 1.